The second-order valence-electron chi connectivity index (χ2n) is 5.28. The lowest BCUT2D eigenvalue weighted by molar-refractivity contribution is 0.0951. The van der Waals surface area contributed by atoms with Crippen molar-refractivity contribution in [2.24, 2.45) is 0 Å². The number of benzene rings is 2. The summed E-state index contributed by atoms with van der Waals surface area (Å²) in [7, 11) is 0. The van der Waals surface area contributed by atoms with Crippen LogP contribution in [0.3, 0.4) is 0 Å². The third-order valence-corrected chi connectivity index (χ3v) is 3.74. The van der Waals surface area contributed by atoms with Crippen LogP contribution in [0.1, 0.15) is 21.5 Å². The van der Waals surface area contributed by atoms with Crippen LogP contribution in [-0.2, 0) is 6.54 Å². The number of amides is 1. The van der Waals surface area contributed by atoms with Gasteiger partial charge < -0.3 is 9.73 Å². The van der Waals surface area contributed by atoms with Crippen molar-refractivity contribution in [3.05, 3.63) is 80.7 Å². The third kappa shape index (κ3) is 3.43. The minimum absolute atomic E-state index is 0.233. The first-order valence-corrected chi connectivity index (χ1v) is 7.48. The maximum absolute atomic E-state index is 12.2. The summed E-state index contributed by atoms with van der Waals surface area (Å²) in [5, 5.41) is 4.12. The number of fused-ring (bicyclic) bond motifs is 1. The number of halogens is 1. The Morgan fingerprint density at radius 2 is 2.00 bits per heavy atom. The first-order valence-electron chi connectivity index (χ1n) is 7.10. The van der Waals surface area contributed by atoms with E-state index < -0.39 is 5.63 Å². The number of aryl methyl sites for hydroxylation is 1. The minimum Gasteiger partial charge on any atom is -0.423 e. The van der Waals surface area contributed by atoms with Gasteiger partial charge in [0.1, 0.15) is 5.58 Å². The van der Waals surface area contributed by atoms with E-state index in [1.54, 1.807) is 30.3 Å². The van der Waals surface area contributed by atoms with Gasteiger partial charge in [0.15, 0.2) is 0 Å². The van der Waals surface area contributed by atoms with Gasteiger partial charge in [0.25, 0.3) is 5.91 Å². The second kappa shape index (κ2) is 6.26. The van der Waals surface area contributed by atoms with Gasteiger partial charge in [-0.2, -0.15) is 0 Å². The Balaban J connectivity index is 1.88. The molecule has 4 nitrogen and oxygen atoms in total. The molecule has 1 N–H and O–H groups in total. The van der Waals surface area contributed by atoms with Gasteiger partial charge in [-0.05, 0) is 42.8 Å². The molecule has 0 bridgehead atoms. The molecular formula is C18H14ClNO3. The Morgan fingerprint density at radius 3 is 2.78 bits per heavy atom. The van der Waals surface area contributed by atoms with Crippen LogP contribution in [0.2, 0.25) is 5.02 Å². The Bertz CT molecular complexity index is 946. The lowest BCUT2D eigenvalue weighted by Gasteiger charge is -2.08. The van der Waals surface area contributed by atoms with Gasteiger partial charge in [0.2, 0.25) is 0 Å². The molecule has 23 heavy (non-hydrogen) atoms. The van der Waals surface area contributed by atoms with Gasteiger partial charge in [-0.1, -0.05) is 29.3 Å². The molecule has 1 amide bonds. The first kappa shape index (κ1) is 15.3. The van der Waals surface area contributed by atoms with E-state index >= 15 is 0 Å². The fourth-order valence-electron chi connectivity index (χ4n) is 2.40. The minimum atomic E-state index is -0.437. The monoisotopic (exact) mass is 327 g/mol. The summed E-state index contributed by atoms with van der Waals surface area (Å²) in [6.07, 6.45) is 0. The van der Waals surface area contributed by atoms with E-state index in [0.717, 1.165) is 16.5 Å². The molecule has 0 atom stereocenters. The van der Waals surface area contributed by atoms with E-state index in [4.69, 9.17) is 16.0 Å². The second-order valence-corrected chi connectivity index (χ2v) is 5.72. The zero-order valence-electron chi connectivity index (χ0n) is 12.4. The zero-order valence-corrected chi connectivity index (χ0v) is 13.2. The maximum Gasteiger partial charge on any atom is 0.336 e. The van der Waals surface area contributed by atoms with Crippen molar-refractivity contribution in [3.8, 4) is 0 Å². The lowest BCUT2D eigenvalue weighted by Crippen LogP contribution is -2.23. The molecule has 1 aromatic heterocycles. The molecule has 0 spiro atoms. The normalized spacial score (nSPS) is 10.7. The predicted molar refractivity (Wildman–Crippen MR) is 89.8 cm³/mol. The SMILES string of the molecule is Cc1ccc2oc(=O)cc(CNC(=O)c3cccc(Cl)c3)c2c1. The fourth-order valence-corrected chi connectivity index (χ4v) is 2.59. The van der Waals surface area contributed by atoms with E-state index in [1.807, 2.05) is 19.1 Å². The molecule has 3 aromatic rings. The molecule has 3 rings (SSSR count). The zero-order chi connectivity index (χ0) is 16.4. The van der Waals surface area contributed by atoms with Crippen LogP contribution in [0.15, 0.2) is 57.7 Å². The molecule has 2 aromatic carbocycles. The van der Waals surface area contributed by atoms with Crippen LogP contribution in [0.5, 0.6) is 0 Å². The summed E-state index contributed by atoms with van der Waals surface area (Å²) in [5.74, 6) is -0.249. The Morgan fingerprint density at radius 1 is 1.17 bits per heavy atom. The smallest absolute Gasteiger partial charge is 0.336 e. The van der Waals surface area contributed by atoms with Crippen LogP contribution < -0.4 is 10.9 Å². The number of nitrogens with one attached hydrogen (secondary N) is 1. The van der Waals surface area contributed by atoms with Crippen LogP contribution in [-0.4, -0.2) is 5.91 Å². The highest BCUT2D eigenvalue weighted by Gasteiger charge is 2.09. The van der Waals surface area contributed by atoms with E-state index in [0.29, 0.717) is 16.2 Å². The van der Waals surface area contributed by atoms with Gasteiger partial charge in [-0.25, -0.2) is 4.79 Å². The van der Waals surface area contributed by atoms with Gasteiger partial charge in [0, 0.05) is 28.6 Å². The van der Waals surface area contributed by atoms with Crippen LogP contribution in [0.25, 0.3) is 11.0 Å². The maximum atomic E-state index is 12.2. The topological polar surface area (TPSA) is 59.3 Å². The van der Waals surface area contributed by atoms with Crippen molar-refractivity contribution in [1.29, 1.82) is 0 Å². The highest BCUT2D eigenvalue weighted by Crippen LogP contribution is 2.19. The van der Waals surface area contributed by atoms with E-state index in [1.165, 1.54) is 6.07 Å². The highest BCUT2D eigenvalue weighted by atomic mass is 35.5. The number of hydrogen-bond acceptors (Lipinski definition) is 3. The highest BCUT2D eigenvalue weighted by molar-refractivity contribution is 6.30. The molecule has 0 aliphatic heterocycles. The third-order valence-electron chi connectivity index (χ3n) is 3.51. The van der Waals surface area contributed by atoms with Gasteiger partial charge in [-0.15, -0.1) is 0 Å². The van der Waals surface area contributed by atoms with Gasteiger partial charge >= 0.3 is 5.63 Å². The predicted octanol–water partition coefficient (Wildman–Crippen LogP) is 3.68. The average molecular weight is 328 g/mol. The Hall–Kier alpha value is -2.59. The Labute approximate surface area is 137 Å². The van der Waals surface area contributed by atoms with Crippen molar-refractivity contribution < 1.29 is 9.21 Å². The molecule has 116 valence electrons. The van der Waals surface area contributed by atoms with Gasteiger partial charge in [-0.3, -0.25) is 4.79 Å². The van der Waals surface area contributed by atoms with Crippen LogP contribution in [0, 0.1) is 6.92 Å². The van der Waals surface area contributed by atoms with Crippen molar-refractivity contribution in [3.63, 3.8) is 0 Å². The summed E-state index contributed by atoms with van der Waals surface area (Å²) >= 11 is 5.89. The van der Waals surface area contributed by atoms with Crippen molar-refractivity contribution >= 4 is 28.5 Å². The van der Waals surface area contributed by atoms with E-state index in [-0.39, 0.29) is 12.5 Å². The average Bonchev–Trinajstić information content (AvgIpc) is 2.52. The van der Waals surface area contributed by atoms with Crippen molar-refractivity contribution in [1.82, 2.24) is 5.32 Å². The van der Waals surface area contributed by atoms with E-state index in [9.17, 15) is 9.59 Å². The standard InChI is InChI=1S/C18H14ClNO3/c1-11-5-6-16-15(7-11)13(9-17(21)23-16)10-20-18(22)12-3-2-4-14(19)8-12/h2-9H,10H2,1H3,(H,20,22). The molecule has 0 saturated heterocycles. The molecule has 1 heterocycles. The van der Waals surface area contributed by atoms with Crippen molar-refractivity contribution in [2.45, 2.75) is 13.5 Å². The van der Waals surface area contributed by atoms with Crippen LogP contribution >= 0.6 is 11.6 Å². The molecule has 0 aliphatic carbocycles. The number of rotatable bonds is 3. The largest absolute Gasteiger partial charge is 0.423 e. The molecule has 0 radical (unpaired) electrons. The fraction of sp³-hybridized carbons (Fsp3) is 0.111. The summed E-state index contributed by atoms with van der Waals surface area (Å²) in [6.45, 7) is 2.19. The van der Waals surface area contributed by atoms with E-state index in [2.05, 4.69) is 5.32 Å². The summed E-state index contributed by atoms with van der Waals surface area (Å²) in [6, 6.07) is 13.7. The van der Waals surface area contributed by atoms with Crippen LogP contribution in [0.4, 0.5) is 0 Å². The molecule has 0 fully saturated rings. The number of carbonyl (C=O) groups is 1. The molecule has 0 unspecified atom stereocenters. The summed E-state index contributed by atoms with van der Waals surface area (Å²) in [5.41, 5.74) is 2.31. The summed E-state index contributed by atoms with van der Waals surface area (Å²) in [4.78, 5) is 23.8. The first-order chi connectivity index (χ1) is 11.0. The number of hydrogen-bond donors (Lipinski definition) is 1. The lowest BCUT2D eigenvalue weighted by atomic mass is 10.1. The van der Waals surface area contributed by atoms with Gasteiger partial charge in [0.05, 0.1) is 0 Å². The Kier molecular flexibility index (Phi) is 4.17. The molecule has 0 aliphatic rings. The molecular weight excluding hydrogens is 314 g/mol. The van der Waals surface area contributed by atoms with Crippen molar-refractivity contribution in [2.75, 3.05) is 0 Å². The quantitative estimate of drug-likeness (QED) is 0.746. The molecule has 5 heteroatoms. The number of carbonyl (C=O) groups excluding carboxylic acids is 1. The summed E-state index contributed by atoms with van der Waals surface area (Å²) < 4.78 is 5.18. The molecule has 0 saturated carbocycles.